The number of rotatable bonds is 5. The van der Waals surface area contributed by atoms with Crippen LogP contribution < -0.4 is 10.1 Å². The Morgan fingerprint density at radius 2 is 1.85 bits per heavy atom. The molecule has 140 valence electrons. The molecule has 0 unspecified atom stereocenters. The first kappa shape index (κ1) is 18.6. The summed E-state index contributed by atoms with van der Waals surface area (Å²) >= 11 is 0. The van der Waals surface area contributed by atoms with Crippen molar-refractivity contribution in [3.05, 3.63) is 59.9 Å². The third-order valence-electron chi connectivity index (χ3n) is 3.95. The zero-order valence-corrected chi connectivity index (χ0v) is 15.8. The summed E-state index contributed by atoms with van der Waals surface area (Å²) < 4.78 is 29.7. The maximum atomic E-state index is 12.5. The lowest BCUT2D eigenvalue weighted by molar-refractivity contribution is 0.102. The molecule has 8 nitrogen and oxygen atoms in total. The van der Waals surface area contributed by atoms with E-state index in [4.69, 9.17) is 4.74 Å². The molecule has 0 saturated carbocycles. The van der Waals surface area contributed by atoms with Gasteiger partial charge in [0.15, 0.2) is 15.5 Å². The van der Waals surface area contributed by atoms with Crippen LogP contribution in [0.5, 0.6) is 5.75 Å². The second-order valence-electron chi connectivity index (χ2n) is 5.89. The zero-order chi connectivity index (χ0) is 19.6. The van der Waals surface area contributed by atoms with E-state index in [1.165, 1.54) is 24.3 Å². The second kappa shape index (κ2) is 7.20. The molecule has 3 rings (SSSR count). The number of sulfone groups is 1. The maximum absolute atomic E-state index is 12.5. The first-order chi connectivity index (χ1) is 12.8. The molecule has 9 heteroatoms. The lowest BCUT2D eigenvalue weighted by Crippen LogP contribution is -2.14. The highest BCUT2D eigenvalue weighted by molar-refractivity contribution is 7.90. The van der Waals surface area contributed by atoms with Crippen LogP contribution in [0, 0.1) is 6.92 Å². The number of aromatic nitrogens is 3. The Bertz CT molecular complexity index is 1090. The molecule has 1 aromatic heterocycles. The lowest BCUT2D eigenvalue weighted by Gasteiger charge is -2.07. The summed E-state index contributed by atoms with van der Waals surface area (Å²) in [5.41, 5.74) is 1.91. The molecule has 2 aromatic carbocycles. The van der Waals surface area contributed by atoms with Gasteiger partial charge < -0.3 is 10.1 Å². The van der Waals surface area contributed by atoms with Crippen LogP contribution in [-0.2, 0) is 9.84 Å². The van der Waals surface area contributed by atoms with Crippen LogP contribution in [0.4, 0.5) is 5.69 Å². The Kier molecular flexibility index (Phi) is 4.95. The number of benzene rings is 2. The van der Waals surface area contributed by atoms with Crippen molar-refractivity contribution < 1.29 is 17.9 Å². The minimum atomic E-state index is -3.29. The largest absolute Gasteiger partial charge is 0.497 e. The van der Waals surface area contributed by atoms with Crippen LogP contribution in [0.2, 0.25) is 0 Å². The zero-order valence-electron chi connectivity index (χ0n) is 15.0. The number of anilines is 1. The van der Waals surface area contributed by atoms with Gasteiger partial charge in [0.05, 0.1) is 23.4 Å². The summed E-state index contributed by atoms with van der Waals surface area (Å²) in [7, 11) is -1.72. The van der Waals surface area contributed by atoms with Gasteiger partial charge in [0.2, 0.25) is 0 Å². The van der Waals surface area contributed by atoms with E-state index in [0.717, 1.165) is 11.9 Å². The van der Waals surface area contributed by atoms with Gasteiger partial charge in [-0.25, -0.2) is 13.1 Å². The van der Waals surface area contributed by atoms with E-state index in [1.54, 1.807) is 24.8 Å². The van der Waals surface area contributed by atoms with E-state index in [-0.39, 0.29) is 10.6 Å². The summed E-state index contributed by atoms with van der Waals surface area (Å²) in [4.78, 5) is 12.7. The van der Waals surface area contributed by atoms with Crippen molar-refractivity contribution in [1.29, 1.82) is 0 Å². The first-order valence-electron chi connectivity index (χ1n) is 7.98. The number of carbonyl (C=O) groups is 1. The molecule has 0 radical (unpaired) electrons. The number of carbonyl (C=O) groups excluding carboxylic acids is 1. The summed E-state index contributed by atoms with van der Waals surface area (Å²) in [6.07, 6.45) is 1.13. The normalized spacial score (nSPS) is 11.2. The molecule has 0 fully saturated rings. The Hall–Kier alpha value is -3.20. The van der Waals surface area contributed by atoms with Crippen LogP contribution in [0.1, 0.15) is 16.2 Å². The molecule has 0 bridgehead atoms. The van der Waals surface area contributed by atoms with Crippen molar-refractivity contribution in [3.8, 4) is 11.4 Å². The Balaban J connectivity index is 1.83. The Morgan fingerprint density at radius 1 is 1.15 bits per heavy atom. The Labute approximate surface area is 156 Å². The quantitative estimate of drug-likeness (QED) is 0.721. The fourth-order valence-electron chi connectivity index (χ4n) is 2.50. The number of nitrogens with one attached hydrogen (secondary N) is 1. The smallest absolute Gasteiger partial charge is 0.278 e. The number of hydrogen-bond acceptors (Lipinski definition) is 6. The van der Waals surface area contributed by atoms with E-state index >= 15 is 0 Å². The third kappa shape index (κ3) is 3.98. The molecule has 0 aliphatic heterocycles. The maximum Gasteiger partial charge on any atom is 0.278 e. The first-order valence-corrected chi connectivity index (χ1v) is 9.87. The van der Waals surface area contributed by atoms with Crippen LogP contribution in [0.3, 0.4) is 0 Å². The molecule has 27 heavy (non-hydrogen) atoms. The predicted molar refractivity (Wildman–Crippen MR) is 100 cm³/mol. The van der Waals surface area contributed by atoms with Crippen molar-refractivity contribution in [1.82, 2.24) is 15.0 Å². The van der Waals surface area contributed by atoms with Gasteiger partial charge in [-0.1, -0.05) is 11.3 Å². The van der Waals surface area contributed by atoms with E-state index in [1.807, 2.05) is 18.2 Å². The molecule has 0 saturated heterocycles. The molecule has 3 aromatic rings. The number of hydrogen-bond donors (Lipinski definition) is 1. The highest BCUT2D eigenvalue weighted by Crippen LogP contribution is 2.19. The van der Waals surface area contributed by atoms with E-state index in [9.17, 15) is 13.2 Å². The lowest BCUT2D eigenvalue weighted by atomic mass is 10.2. The fourth-order valence-corrected chi connectivity index (χ4v) is 3.13. The van der Waals surface area contributed by atoms with Crippen LogP contribution >= 0.6 is 0 Å². The van der Waals surface area contributed by atoms with Gasteiger partial charge in [0.25, 0.3) is 5.91 Å². The molecule has 1 heterocycles. The van der Waals surface area contributed by atoms with Gasteiger partial charge in [0, 0.05) is 18.0 Å². The van der Waals surface area contributed by atoms with Crippen LogP contribution in [-0.4, -0.2) is 42.7 Å². The molecular weight excluding hydrogens is 368 g/mol. The van der Waals surface area contributed by atoms with Gasteiger partial charge >= 0.3 is 0 Å². The molecule has 0 aliphatic carbocycles. The molecule has 0 aliphatic rings. The van der Waals surface area contributed by atoms with Crippen molar-refractivity contribution in [3.63, 3.8) is 0 Å². The highest BCUT2D eigenvalue weighted by atomic mass is 32.2. The Morgan fingerprint density at radius 3 is 2.48 bits per heavy atom. The van der Waals surface area contributed by atoms with Crippen molar-refractivity contribution in [2.24, 2.45) is 0 Å². The predicted octanol–water partition coefficient (Wildman–Crippen LogP) is 2.24. The summed E-state index contributed by atoms with van der Waals surface area (Å²) in [6.45, 7) is 1.74. The average molecular weight is 386 g/mol. The van der Waals surface area contributed by atoms with E-state index < -0.39 is 15.7 Å². The SMILES string of the molecule is COc1cccc(-n2nnc(C(=O)Nc3ccc(S(C)(=O)=O)cc3)c2C)c1. The van der Waals surface area contributed by atoms with E-state index in [2.05, 4.69) is 15.6 Å². The van der Waals surface area contributed by atoms with Crippen molar-refractivity contribution in [2.45, 2.75) is 11.8 Å². The number of amides is 1. The topological polar surface area (TPSA) is 103 Å². The number of methoxy groups -OCH3 is 1. The summed E-state index contributed by atoms with van der Waals surface area (Å²) in [6, 6.07) is 13.2. The second-order valence-corrected chi connectivity index (χ2v) is 7.90. The van der Waals surface area contributed by atoms with Gasteiger partial charge in [-0.05, 0) is 43.3 Å². The molecule has 1 amide bonds. The molecular formula is C18H18N4O4S. The van der Waals surface area contributed by atoms with Gasteiger partial charge in [-0.2, -0.15) is 0 Å². The monoisotopic (exact) mass is 386 g/mol. The summed E-state index contributed by atoms with van der Waals surface area (Å²) in [5.74, 6) is 0.230. The molecule has 1 N–H and O–H groups in total. The highest BCUT2D eigenvalue weighted by Gasteiger charge is 2.18. The van der Waals surface area contributed by atoms with Crippen molar-refractivity contribution in [2.75, 3.05) is 18.7 Å². The number of ether oxygens (including phenoxy) is 1. The van der Waals surface area contributed by atoms with Crippen LogP contribution in [0.15, 0.2) is 53.4 Å². The minimum absolute atomic E-state index is 0.171. The number of nitrogens with zero attached hydrogens (tertiary/aromatic N) is 3. The van der Waals surface area contributed by atoms with E-state index in [0.29, 0.717) is 17.1 Å². The third-order valence-corrected chi connectivity index (χ3v) is 5.08. The van der Waals surface area contributed by atoms with Crippen molar-refractivity contribution >= 4 is 21.4 Å². The van der Waals surface area contributed by atoms with Gasteiger partial charge in [0.1, 0.15) is 5.75 Å². The average Bonchev–Trinajstić information content (AvgIpc) is 3.03. The molecule has 0 atom stereocenters. The van der Waals surface area contributed by atoms with Crippen LogP contribution in [0.25, 0.3) is 5.69 Å². The molecule has 0 spiro atoms. The minimum Gasteiger partial charge on any atom is -0.497 e. The standard InChI is InChI=1S/C18H18N4O4S/c1-12-17(20-21-22(12)14-5-4-6-15(11-14)26-2)18(23)19-13-7-9-16(10-8-13)27(3,24)25/h4-11H,1-3H3,(H,19,23). The van der Waals surface area contributed by atoms with Gasteiger partial charge in [-0.3, -0.25) is 4.79 Å². The van der Waals surface area contributed by atoms with Gasteiger partial charge in [-0.15, -0.1) is 5.10 Å². The fraction of sp³-hybridized carbons (Fsp3) is 0.167. The summed E-state index contributed by atoms with van der Waals surface area (Å²) in [5, 5.41) is 10.7.